The van der Waals surface area contributed by atoms with Gasteiger partial charge in [-0.2, -0.15) is 0 Å². The molecule has 7 unspecified atom stereocenters. The van der Waals surface area contributed by atoms with E-state index in [0.29, 0.717) is 23.8 Å². The van der Waals surface area contributed by atoms with E-state index in [2.05, 4.69) is 37.2 Å². The van der Waals surface area contributed by atoms with Crippen molar-refractivity contribution in [2.24, 2.45) is 11.8 Å². The summed E-state index contributed by atoms with van der Waals surface area (Å²) < 4.78 is 16.8. The van der Waals surface area contributed by atoms with Gasteiger partial charge in [-0.05, 0) is 49.8 Å². The minimum absolute atomic E-state index is 0.0620. The van der Waals surface area contributed by atoms with Crippen molar-refractivity contribution in [3.63, 3.8) is 0 Å². The highest BCUT2D eigenvalue weighted by Crippen LogP contribution is 2.39. The Labute approximate surface area is 189 Å². The number of halogens is 1. The fourth-order valence-corrected chi connectivity index (χ4v) is 4.34. The lowest BCUT2D eigenvalue weighted by molar-refractivity contribution is 0.124. The topological polar surface area (TPSA) is 68.2 Å². The Morgan fingerprint density at radius 3 is 2.77 bits per heavy atom. The van der Waals surface area contributed by atoms with Gasteiger partial charge in [-0.25, -0.2) is 0 Å². The van der Waals surface area contributed by atoms with Crippen LogP contribution in [0, 0.1) is 11.8 Å². The molecule has 168 valence electrons. The molecule has 0 aliphatic heterocycles. The van der Waals surface area contributed by atoms with Gasteiger partial charge < -0.3 is 24.0 Å². The molecule has 8 heteroatoms. The van der Waals surface area contributed by atoms with E-state index >= 15 is 0 Å². The maximum atomic E-state index is 10.5. The third-order valence-corrected chi connectivity index (χ3v) is 6.29. The zero-order chi connectivity index (χ0) is 21.8. The summed E-state index contributed by atoms with van der Waals surface area (Å²) in [6.45, 7) is 0.576. The largest absolute Gasteiger partial charge is 0.490 e. The zero-order valence-corrected chi connectivity index (χ0v) is 20.2. The quantitative estimate of drug-likeness (QED) is 0.246. The number of allylic oxidation sites excluding steroid dienone is 2. The molecule has 0 bridgehead atoms. The van der Waals surface area contributed by atoms with Crippen LogP contribution in [0.3, 0.4) is 0 Å². The van der Waals surface area contributed by atoms with Crippen molar-refractivity contribution in [1.82, 2.24) is 0 Å². The molecule has 0 aromatic heterocycles. The minimum Gasteiger partial charge on any atom is -0.490 e. The Balaban J connectivity index is 1.94. The molecule has 0 saturated heterocycles. The van der Waals surface area contributed by atoms with Crippen LogP contribution in [-0.2, 0) is 9.05 Å². The zero-order valence-electron chi connectivity index (χ0n) is 17.1. The Morgan fingerprint density at radius 2 is 2.07 bits per heavy atom. The smallest absolute Gasteiger partial charge is 0.120 e. The molecular formula is C22H33ClO5P2. The van der Waals surface area contributed by atoms with Crippen LogP contribution in [-0.4, -0.2) is 41.7 Å². The van der Waals surface area contributed by atoms with Crippen molar-refractivity contribution in [3.05, 3.63) is 53.6 Å². The van der Waals surface area contributed by atoms with Crippen LogP contribution >= 0.6 is 30.5 Å². The lowest BCUT2D eigenvalue weighted by Gasteiger charge is -2.21. The van der Waals surface area contributed by atoms with E-state index in [4.69, 9.17) is 30.5 Å². The lowest BCUT2D eigenvalue weighted by atomic mass is 9.89. The Bertz CT molecular complexity index is 673. The second kappa shape index (κ2) is 14.5. The molecule has 0 amide bonds. The van der Waals surface area contributed by atoms with Crippen molar-refractivity contribution in [2.45, 2.75) is 50.4 Å². The number of aliphatic hydroxyl groups is 2. The van der Waals surface area contributed by atoms with Gasteiger partial charge in [0.2, 0.25) is 0 Å². The Hall–Kier alpha value is -0.510. The maximum absolute atomic E-state index is 10.5. The van der Waals surface area contributed by atoms with Crippen molar-refractivity contribution >= 4 is 30.5 Å². The molecule has 1 aliphatic rings. The summed E-state index contributed by atoms with van der Waals surface area (Å²) in [7, 11) is 4.61. The summed E-state index contributed by atoms with van der Waals surface area (Å²) in [5.41, 5.74) is 0. The standard InChI is InChI=1S/C22H33ClO5P2/c23-16-7-6-8-17(13-16)26-15-18(27-29)10-11-20-19(21(25)14-22(20)28-30)9-4-2-1-3-5-12-24/h2,4,6-8,10-11,13,18-22,24-25H,1,3,5,9,12,14-15,29-30H2/b4-2+,11-10+. The van der Waals surface area contributed by atoms with Gasteiger partial charge >= 0.3 is 0 Å². The highest BCUT2D eigenvalue weighted by molar-refractivity contribution is 7.10. The summed E-state index contributed by atoms with van der Waals surface area (Å²) in [6, 6.07) is 7.25. The van der Waals surface area contributed by atoms with Gasteiger partial charge in [-0.15, -0.1) is 0 Å². The predicted octanol–water partition coefficient (Wildman–Crippen LogP) is 4.73. The molecule has 0 radical (unpaired) electrons. The van der Waals surface area contributed by atoms with Crippen molar-refractivity contribution in [1.29, 1.82) is 0 Å². The summed E-state index contributed by atoms with van der Waals surface area (Å²) in [4.78, 5) is 0. The third-order valence-electron chi connectivity index (χ3n) is 5.35. The van der Waals surface area contributed by atoms with Crippen LogP contribution in [0.1, 0.15) is 32.1 Å². The van der Waals surface area contributed by atoms with Crippen molar-refractivity contribution in [2.75, 3.05) is 13.2 Å². The fourth-order valence-electron chi connectivity index (χ4n) is 3.70. The monoisotopic (exact) mass is 474 g/mol. The highest BCUT2D eigenvalue weighted by atomic mass is 35.5. The second-order valence-electron chi connectivity index (χ2n) is 7.47. The number of hydrogen-bond acceptors (Lipinski definition) is 5. The Kier molecular flexibility index (Phi) is 12.5. The van der Waals surface area contributed by atoms with Crippen LogP contribution < -0.4 is 4.74 Å². The molecule has 5 nitrogen and oxygen atoms in total. The van der Waals surface area contributed by atoms with E-state index in [0.717, 1.165) is 25.7 Å². The number of aliphatic hydroxyl groups excluding tert-OH is 2. The van der Waals surface area contributed by atoms with E-state index in [9.17, 15) is 5.11 Å². The van der Waals surface area contributed by atoms with Gasteiger partial charge in [0.25, 0.3) is 0 Å². The second-order valence-corrected chi connectivity index (χ2v) is 8.45. The average molecular weight is 475 g/mol. The summed E-state index contributed by atoms with van der Waals surface area (Å²) in [6.07, 6.45) is 11.7. The van der Waals surface area contributed by atoms with Crippen LogP contribution in [0.15, 0.2) is 48.6 Å². The van der Waals surface area contributed by atoms with Gasteiger partial charge in [-0.3, -0.25) is 0 Å². The van der Waals surface area contributed by atoms with Crippen LogP contribution in [0.5, 0.6) is 5.75 Å². The van der Waals surface area contributed by atoms with Crippen molar-refractivity contribution < 1.29 is 24.0 Å². The first-order chi connectivity index (χ1) is 14.6. The molecule has 0 spiro atoms. The van der Waals surface area contributed by atoms with E-state index in [1.807, 2.05) is 18.2 Å². The van der Waals surface area contributed by atoms with Gasteiger partial charge in [0.1, 0.15) is 18.5 Å². The van der Waals surface area contributed by atoms with Crippen LogP contribution in [0.25, 0.3) is 0 Å². The number of unbranched alkanes of at least 4 members (excludes halogenated alkanes) is 2. The van der Waals surface area contributed by atoms with Crippen LogP contribution in [0.2, 0.25) is 5.02 Å². The van der Waals surface area contributed by atoms with Crippen molar-refractivity contribution in [3.8, 4) is 5.75 Å². The molecule has 1 aliphatic carbocycles. The number of rotatable bonds is 13. The molecule has 0 heterocycles. The molecule has 30 heavy (non-hydrogen) atoms. The third kappa shape index (κ3) is 8.55. The lowest BCUT2D eigenvalue weighted by Crippen LogP contribution is -2.22. The predicted molar refractivity (Wildman–Crippen MR) is 128 cm³/mol. The van der Waals surface area contributed by atoms with Gasteiger partial charge in [0, 0.05) is 42.9 Å². The number of ether oxygens (including phenoxy) is 1. The molecule has 2 rings (SSSR count). The first kappa shape index (κ1) is 25.7. The van der Waals surface area contributed by atoms with Gasteiger partial charge in [0.15, 0.2) is 0 Å². The maximum Gasteiger partial charge on any atom is 0.120 e. The normalized spacial score (nSPS) is 25.4. The highest BCUT2D eigenvalue weighted by Gasteiger charge is 2.40. The van der Waals surface area contributed by atoms with E-state index in [1.54, 1.807) is 12.1 Å². The van der Waals surface area contributed by atoms with Crippen LogP contribution in [0.4, 0.5) is 0 Å². The molecule has 2 N–H and O–H groups in total. The van der Waals surface area contributed by atoms with E-state index in [-0.39, 0.29) is 30.7 Å². The van der Waals surface area contributed by atoms with Gasteiger partial charge in [0.05, 0.1) is 12.2 Å². The molecule has 7 atom stereocenters. The SMILES string of the molecule is OCCCC/C=C/CC1C(O)CC(OP)C1/C=C/C(COc1cccc(Cl)c1)OP. The average Bonchev–Trinajstić information content (AvgIpc) is 3.05. The molecule has 1 aromatic rings. The number of hydrogen-bond donors (Lipinski definition) is 2. The number of benzene rings is 1. The Morgan fingerprint density at radius 1 is 1.23 bits per heavy atom. The minimum atomic E-state index is -0.412. The summed E-state index contributed by atoms with van der Waals surface area (Å²) in [5.74, 6) is 0.850. The first-order valence-corrected chi connectivity index (χ1v) is 11.6. The molecule has 1 aromatic carbocycles. The summed E-state index contributed by atoms with van der Waals surface area (Å²) >= 11 is 5.99. The first-order valence-electron chi connectivity index (χ1n) is 10.3. The summed E-state index contributed by atoms with van der Waals surface area (Å²) in [5, 5.41) is 20.0. The fraction of sp³-hybridized carbons (Fsp3) is 0.545. The molecule has 1 saturated carbocycles. The molecular weight excluding hydrogens is 442 g/mol. The van der Waals surface area contributed by atoms with Gasteiger partial charge in [-0.1, -0.05) is 42.0 Å². The van der Waals surface area contributed by atoms with E-state index in [1.165, 1.54) is 0 Å². The van der Waals surface area contributed by atoms with E-state index < -0.39 is 6.10 Å². The molecule has 1 fully saturated rings.